The van der Waals surface area contributed by atoms with E-state index in [1.807, 2.05) is 61.5 Å². The van der Waals surface area contributed by atoms with Gasteiger partial charge in [0.05, 0.1) is 33.3 Å². The molecule has 35 heavy (non-hydrogen) atoms. The Morgan fingerprint density at radius 2 is 1.94 bits per heavy atom. The number of aromatic nitrogens is 1. The summed E-state index contributed by atoms with van der Waals surface area (Å²) in [4.78, 5) is 33.3. The lowest BCUT2D eigenvalue weighted by Gasteiger charge is -2.29. The Bertz CT molecular complexity index is 1290. The zero-order valence-corrected chi connectivity index (χ0v) is 20.4. The van der Waals surface area contributed by atoms with Crippen LogP contribution < -0.4 is 4.74 Å². The smallest absolute Gasteiger partial charge is 0.290 e. The molecule has 0 spiro atoms. The molecule has 180 valence electrons. The molecule has 1 N–H and O–H groups in total. The van der Waals surface area contributed by atoms with Crippen molar-refractivity contribution in [2.24, 2.45) is 0 Å². The highest BCUT2D eigenvalue weighted by Gasteiger charge is 2.45. The number of amides is 1. The average molecular weight is 491 g/mol. The van der Waals surface area contributed by atoms with Gasteiger partial charge in [-0.25, -0.2) is 4.98 Å². The van der Waals surface area contributed by atoms with E-state index in [1.54, 1.807) is 11.8 Å². The molecule has 3 heterocycles. The molecule has 0 saturated carbocycles. The molecule has 5 rings (SSSR count). The van der Waals surface area contributed by atoms with Crippen LogP contribution in [0.25, 0.3) is 0 Å². The van der Waals surface area contributed by atoms with Gasteiger partial charge >= 0.3 is 0 Å². The maximum Gasteiger partial charge on any atom is 0.290 e. The zero-order chi connectivity index (χ0) is 24.5. The van der Waals surface area contributed by atoms with Gasteiger partial charge in [-0.05, 0) is 56.5 Å². The predicted molar refractivity (Wildman–Crippen MR) is 132 cm³/mol. The third kappa shape index (κ3) is 4.59. The van der Waals surface area contributed by atoms with Crippen molar-refractivity contribution < 1.29 is 24.2 Å². The van der Waals surface area contributed by atoms with Crippen LogP contribution in [0.4, 0.5) is 0 Å². The normalized spacial score (nSPS) is 20.1. The van der Waals surface area contributed by atoms with Crippen molar-refractivity contribution in [2.75, 3.05) is 13.2 Å². The summed E-state index contributed by atoms with van der Waals surface area (Å²) in [5.74, 6) is -0.219. The van der Waals surface area contributed by atoms with Gasteiger partial charge in [0.2, 0.25) is 5.78 Å². The molecule has 2 aliphatic rings. The van der Waals surface area contributed by atoms with Crippen LogP contribution >= 0.6 is 11.3 Å². The van der Waals surface area contributed by atoms with E-state index in [0.29, 0.717) is 34.2 Å². The van der Waals surface area contributed by atoms with Gasteiger partial charge in [-0.2, -0.15) is 0 Å². The molecular formula is C27H26N2O5S. The quantitative estimate of drug-likeness (QED) is 0.452. The number of aliphatic hydroxyl groups is 1. The first-order chi connectivity index (χ1) is 16.9. The molecule has 3 aromatic rings. The van der Waals surface area contributed by atoms with E-state index in [0.717, 1.165) is 17.8 Å². The molecule has 1 aromatic heterocycles. The summed E-state index contributed by atoms with van der Waals surface area (Å²) in [5.41, 5.74) is 1.33. The summed E-state index contributed by atoms with van der Waals surface area (Å²) in [6.07, 6.45) is 1.60. The fourth-order valence-electron chi connectivity index (χ4n) is 4.67. The highest BCUT2D eigenvalue weighted by Crippen LogP contribution is 2.41. The van der Waals surface area contributed by atoms with Gasteiger partial charge < -0.3 is 19.5 Å². The highest BCUT2D eigenvalue weighted by molar-refractivity contribution is 7.14. The number of ether oxygens (including phenoxy) is 2. The van der Waals surface area contributed by atoms with Crippen LogP contribution in [0.2, 0.25) is 0 Å². The minimum atomic E-state index is -0.764. The Kier molecular flexibility index (Phi) is 6.40. The molecule has 0 bridgehead atoms. The average Bonchev–Trinajstić information content (AvgIpc) is 3.55. The van der Waals surface area contributed by atoms with Crippen LogP contribution in [0, 0.1) is 13.8 Å². The third-order valence-corrected chi connectivity index (χ3v) is 7.31. The number of hydrogen-bond acceptors (Lipinski definition) is 7. The number of rotatable bonds is 7. The van der Waals surface area contributed by atoms with Crippen molar-refractivity contribution in [1.29, 1.82) is 0 Å². The second-order valence-corrected chi connectivity index (χ2v) is 9.92. The number of nitrogens with zero attached hydrogens (tertiary/aromatic N) is 2. The van der Waals surface area contributed by atoms with E-state index in [4.69, 9.17) is 9.47 Å². The van der Waals surface area contributed by atoms with E-state index in [-0.39, 0.29) is 24.0 Å². The highest BCUT2D eigenvalue weighted by atomic mass is 32.1. The molecule has 2 aliphatic heterocycles. The van der Waals surface area contributed by atoms with Crippen LogP contribution in [0.3, 0.4) is 0 Å². The summed E-state index contributed by atoms with van der Waals surface area (Å²) in [5, 5.41) is 11.7. The Hall–Kier alpha value is -3.49. The fourth-order valence-corrected chi connectivity index (χ4v) is 5.54. The Morgan fingerprint density at radius 3 is 2.63 bits per heavy atom. The van der Waals surface area contributed by atoms with Crippen LogP contribution in [0.1, 0.15) is 44.8 Å². The Morgan fingerprint density at radius 1 is 1.17 bits per heavy atom. The Balaban J connectivity index is 1.55. The van der Waals surface area contributed by atoms with Gasteiger partial charge in [0.15, 0.2) is 5.76 Å². The van der Waals surface area contributed by atoms with Gasteiger partial charge in [-0.1, -0.05) is 30.3 Å². The SMILES string of the molecule is Cc1nc(C)c(C(=O)C2=C(O)C(=O)N(CC3CCCO3)C2c2cccc(Oc3ccccc3)c2)s1. The van der Waals surface area contributed by atoms with Crippen LogP contribution in [-0.4, -0.2) is 45.9 Å². The number of benzene rings is 2. The summed E-state index contributed by atoms with van der Waals surface area (Å²) >= 11 is 1.26. The molecule has 1 amide bonds. The number of carbonyl (C=O) groups is 2. The Labute approximate surface area is 207 Å². The van der Waals surface area contributed by atoms with Crippen molar-refractivity contribution in [2.45, 2.75) is 38.8 Å². The van der Waals surface area contributed by atoms with Gasteiger partial charge in [0, 0.05) is 13.2 Å². The maximum atomic E-state index is 13.7. The number of thiazole rings is 1. The van der Waals surface area contributed by atoms with Crippen molar-refractivity contribution in [3.63, 3.8) is 0 Å². The van der Waals surface area contributed by atoms with Gasteiger partial charge in [0.25, 0.3) is 5.91 Å². The predicted octanol–water partition coefficient (Wildman–Crippen LogP) is 5.31. The minimum absolute atomic E-state index is 0.0663. The number of hydrogen-bond donors (Lipinski definition) is 1. The molecule has 2 aromatic carbocycles. The van der Waals surface area contributed by atoms with Crippen molar-refractivity contribution in [3.8, 4) is 11.5 Å². The molecule has 8 heteroatoms. The second kappa shape index (κ2) is 9.64. The number of Topliss-reactive ketones (excluding diaryl/α,β-unsaturated/α-hetero) is 1. The largest absolute Gasteiger partial charge is 0.503 e. The first-order valence-corrected chi connectivity index (χ1v) is 12.4. The lowest BCUT2D eigenvalue weighted by atomic mass is 9.94. The minimum Gasteiger partial charge on any atom is -0.503 e. The zero-order valence-electron chi connectivity index (χ0n) is 19.6. The van der Waals surface area contributed by atoms with Crippen LogP contribution in [-0.2, 0) is 9.53 Å². The fraction of sp³-hybridized carbons (Fsp3) is 0.296. The van der Waals surface area contributed by atoms with E-state index in [1.165, 1.54) is 11.3 Å². The number of aryl methyl sites for hydroxylation is 2. The van der Waals surface area contributed by atoms with E-state index >= 15 is 0 Å². The summed E-state index contributed by atoms with van der Waals surface area (Å²) in [6.45, 7) is 4.52. The molecule has 0 aliphatic carbocycles. The van der Waals surface area contributed by atoms with Crippen LogP contribution in [0.5, 0.6) is 11.5 Å². The third-order valence-electron chi connectivity index (χ3n) is 6.24. The van der Waals surface area contributed by atoms with E-state index in [2.05, 4.69) is 4.98 Å². The monoisotopic (exact) mass is 490 g/mol. The second-order valence-electron chi connectivity index (χ2n) is 8.72. The molecule has 2 unspecified atom stereocenters. The van der Waals surface area contributed by atoms with Crippen molar-refractivity contribution >= 4 is 23.0 Å². The molecule has 0 radical (unpaired) electrons. The summed E-state index contributed by atoms with van der Waals surface area (Å²) in [6, 6.07) is 15.9. The first kappa shape index (κ1) is 23.3. The first-order valence-electron chi connectivity index (χ1n) is 11.6. The van der Waals surface area contributed by atoms with Crippen LogP contribution in [0.15, 0.2) is 65.9 Å². The maximum absolute atomic E-state index is 13.7. The standard InChI is InChI=1S/C27H26N2O5S/c1-16-26(35-17(2)28-16)24(30)22-23(29(27(32)25(22)31)15-21-12-7-13-33-21)18-8-6-11-20(14-18)34-19-9-4-3-5-10-19/h3-6,8-11,14,21,23,31H,7,12-13,15H2,1-2H3. The lowest BCUT2D eigenvalue weighted by molar-refractivity contribution is -0.131. The topological polar surface area (TPSA) is 89.0 Å². The number of para-hydroxylation sites is 1. The molecule has 1 saturated heterocycles. The van der Waals surface area contributed by atoms with Gasteiger partial charge in [-0.15, -0.1) is 11.3 Å². The van der Waals surface area contributed by atoms with Crippen molar-refractivity contribution in [3.05, 3.63) is 87.1 Å². The summed E-state index contributed by atoms with van der Waals surface area (Å²) < 4.78 is 11.8. The lowest BCUT2D eigenvalue weighted by Crippen LogP contribution is -2.37. The molecule has 7 nitrogen and oxygen atoms in total. The molecule has 1 fully saturated rings. The van der Waals surface area contributed by atoms with Gasteiger partial charge in [-0.3, -0.25) is 9.59 Å². The summed E-state index contributed by atoms with van der Waals surface area (Å²) in [7, 11) is 0. The van der Waals surface area contributed by atoms with E-state index in [9.17, 15) is 14.7 Å². The number of carbonyl (C=O) groups excluding carboxylic acids is 2. The number of ketones is 1. The van der Waals surface area contributed by atoms with Crippen molar-refractivity contribution in [1.82, 2.24) is 9.88 Å². The molecular weight excluding hydrogens is 464 g/mol. The van der Waals surface area contributed by atoms with Gasteiger partial charge in [0.1, 0.15) is 11.5 Å². The molecule has 2 atom stereocenters. The van der Waals surface area contributed by atoms with E-state index < -0.39 is 17.7 Å². The number of aliphatic hydroxyl groups excluding tert-OH is 1.